The van der Waals surface area contributed by atoms with Gasteiger partial charge < -0.3 is 14.2 Å². The van der Waals surface area contributed by atoms with Crippen LogP contribution in [0.4, 0.5) is 0 Å². The first-order chi connectivity index (χ1) is 31.7. The Morgan fingerprint density at radius 2 is 0.538 bits per heavy atom. The summed E-state index contributed by atoms with van der Waals surface area (Å²) in [5.41, 5.74) is 0. The minimum absolute atomic E-state index is 0.0638. The Labute approximate surface area is 406 Å². The summed E-state index contributed by atoms with van der Waals surface area (Å²) in [6, 6.07) is 0. The molecule has 2 unspecified atom stereocenters. The minimum atomic E-state index is -0.764. The Kier molecular flexibility index (Phi) is 49.1. The lowest BCUT2D eigenvalue weighted by atomic mass is 9.99. The second-order valence-electron chi connectivity index (χ2n) is 21.2. The molecule has 0 fully saturated rings. The molecule has 0 saturated carbocycles. The van der Waals surface area contributed by atoms with E-state index in [9.17, 15) is 14.4 Å². The van der Waals surface area contributed by atoms with Gasteiger partial charge in [-0.15, -0.1) is 0 Å². The van der Waals surface area contributed by atoms with Crippen molar-refractivity contribution in [1.82, 2.24) is 0 Å². The largest absolute Gasteiger partial charge is 0.462 e. The van der Waals surface area contributed by atoms with E-state index >= 15 is 0 Å². The summed E-state index contributed by atoms with van der Waals surface area (Å²) in [5.74, 6) is 1.74. The minimum Gasteiger partial charge on any atom is -0.462 e. The van der Waals surface area contributed by atoms with Crippen LogP contribution in [0.25, 0.3) is 0 Å². The molecule has 386 valence electrons. The third kappa shape index (κ3) is 50.1. The van der Waals surface area contributed by atoms with E-state index in [0.29, 0.717) is 19.3 Å². The SMILES string of the molecule is CCC(C)CCCCCCCCCCCCCCCCC(=O)O[C@@H](COC(=O)CCCCCCCCCCCCCCCCC(C)C)COC(=O)CCCCCCCCCCC(C)CC. The summed E-state index contributed by atoms with van der Waals surface area (Å²) in [4.78, 5) is 38.1. The molecule has 0 radical (unpaired) electrons. The molecule has 0 aliphatic rings. The molecule has 0 aliphatic heterocycles. The van der Waals surface area contributed by atoms with Gasteiger partial charge >= 0.3 is 17.9 Å². The van der Waals surface area contributed by atoms with Gasteiger partial charge in [-0.2, -0.15) is 0 Å². The fourth-order valence-electron chi connectivity index (χ4n) is 8.93. The van der Waals surface area contributed by atoms with Crippen molar-refractivity contribution < 1.29 is 28.6 Å². The summed E-state index contributed by atoms with van der Waals surface area (Å²) in [5, 5.41) is 0. The number of carbonyl (C=O) groups is 3. The highest BCUT2D eigenvalue weighted by Crippen LogP contribution is 2.19. The Hall–Kier alpha value is -1.59. The second kappa shape index (κ2) is 50.3. The molecule has 0 aromatic heterocycles. The van der Waals surface area contributed by atoms with Gasteiger partial charge in [0.25, 0.3) is 0 Å². The van der Waals surface area contributed by atoms with E-state index < -0.39 is 6.10 Å². The fourth-order valence-corrected chi connectivity index (χ4v) is 8.93. The van der Waals surface area contributed by atoms with Gasteiger partial charge in [0.2, 0.25) is 0 Å². The molecule has 0 rings (SSSR count). The monoisotopic (exact) mass is 919 g/mol. The van der Waals surface area contributed by atoms with Gasteiger partial charge in [-0.25, -0.2) is 0 Å². The Morgan fingerprint density at radius 3 is 0.800 bits per heavy atom. The molecule has 0 heterocycles. The van der Waals surface area contributed by atoms with E-state index in [1.165, 1.54) is 205 Å². The van der Waals surface area contributed by atoms with Crippen LogP contribution >= 0.6 is 0 Å². The summed E-state index contributed by atoms with van der Waals surface area (Å²) < 4.78 is 16.9. The number of esters is 3. The molecule has 3 atom stereocenters. The lowest BCUT2D eigenvalue weighted by Crippen LogP contribution is -2.30. The maximum absolute atomic E-state index is 12.9. The van der Waals surface area contributed by atoms with Gasteiger partial charge in [0.15, 0.2) is 6.10 Å². The van der Waals surface area contributed by atoms with E-state index in [1.807, 2.05) is 0 Å². The van der Waals surface area contributed by atoms with Crippen molar-refractivity contribution >= 4 is 17.9 Å². The Bertz CT molecular complexity index is 1010. The lowest BCUT2D eigenvalue weighted by Gasteiger charge is -2.18. The quantitative estimate of drug-likeness (QED) is 0.0344. The number of unbranched alkanes of at least 4 members (excludes halogenated alkanes) is 33. The normalized spacial score (nSPS) is 13.0. The lowest BCUT2D eigenvalue weighted by molar-refractivity contribution is -0.167. The molecule has 0 amide bonds. The topological polar surface area (TPSA) is 78.9 Å². The zero-order chi connectivity index (χ0) is 47.7. The van der Waals surface area contributed by atoms with Crippen molar-refractivity contribution in [3.05, 3.63) is 0 Å². The van der Waals surface area contributed by atoms with Crippen molar-refractivity contribution in [2.45, 2.75) is 330 Å². The van der Waals surface area contributed by atoms with E-state index in [0.717, 1.165) is 75.5 Å². The second-order valence-corrected chi connectivity index (χ2v) is 21.2. The average molecular weight is 920 g/mol. The summed E-state index contributed by atoms with van der Waals surface area (Å²) in [6.45, 7) is 13.8. The third-order valence-corrected chi connectivity index (χ3v) is 14.1. The van der Waals surface area contributed by atoms with Crippen molar-refractivity contribution in [3.63, 3.8) is 0 Å². The maximum Gasteiger partial charge on any atom is 0.306 e. The van der Waals surface area contributed by atoms with Gasteiger partial charge in [0.05, 0.1) is 0 Å². The Balaban J connectivity index is 4.30. The molecule has 0 bridgehead atoms. The van der Waals surface area contributed by atoms with E-state index in [1.54, 1.807) is 0 Å². The predicted octanol–water partition coefficient (Wildman–Crippen LogP) is 19.1. The van der Waals surface area contributed by atoms with Crippen LogP contribution in [0.5, 0.6) is 0 Å². The van der Waals surface area contributed by atoms with Crippen molar-refractivity contribution in [2.24, 2.45) is 17.8 Å². The van der Waals surface area contributed by atoms with Crippen LogP contribution in [0.2, 0.25) is 0 Å². The van der Waals surface area contributed by atoms with Gasteiger partial charge in [0.1, 0.15) is 13.2 Å². The van der Waals surface area contributed by atoms with Crippen molar-refractivity contribution in [3.8, 4) is 0 Å². The molecule has 0 saturated heterocycles. The number of ether oxygens (including phenoxy) is 3. The highest BCUT2D eigenvalue weighted by Gasteiger charge is 2.19. The molecule has 0 N–H and O–H groups in total. The molecule has 6 nitrogen and oxygen atoms in total. The summed E-state index contributed by atoms with van der Waals surface area (Å²) >= 11 is 0. The highest BCUT2D eigenvalue weighted by molar-refractivity contribution is 5.71. The Morgan fingerprint density at radius 1 is 0.308 bits per heavy atom. The first-order valence-corrected chi connectivity index (χ1v) is 29.2. The molecule has 6 heteroatoms. The van der Waals surface area contributed by atoms with E-state index in [2.05, 4.69) is 41.5 Å². The standard InChI is InChI=1S/C59H114O6/c1-7-54(5)46-40-34-28-22-18-14-10-12-16-20-24-32-38-44-50-59(62)65-56(52-64-58(61)49-43-37-31-26-25-29-35-41-47-55(6)8-2)51-63-57(60)48-42-36-30-23-19-15-11-9-13-17-21-27-33-39-45-53(3)4/h53-56H,7-52H2,1-6H3/t54?,55?,56-/m0/s1. The molecule has 0 aliphatic carbocycles. The van der Waals surface area contributed by atoms with E-state index in [4.69, 9.17) is 14.2 Å². The fraction of sp³-hybridized carbons (Fsp3) is 0.949. The molecule has 65 heavy (non-hydrogen) atoms. The smallest absolute Gasteiger partial charge is 0.306 e. The molecule has 0 aromatic rings. The zero-order valence-corrected chi connectivity index (χ0v) is 44.8. The maximum atomic E-state index is 12.9. The van der Waals surface area contributed by atoms with Crippen molar-refractivity contribution in [2.75, 3.05) is 13.2 Å². The zero-order valence-electron chi connectivity index (χ0n) is 44.8. The number of hydrogen-bond acceptors (Lipinski definition) is 6. The first kappa shape index (κ1) is 63.4. The van der Waals surface area contributed by atoms with Crippen molar-refractivity contribution in [1.29, 1.82) is 0 Å². The predicted molar refractivity (Wildman–Crippen MR) is 279 cm³/mol. The first-order valence-electron chi connectivity index (χ1n) is 29.2. The van der Waals surface area contributed by atoms with Crippen LogP contribution in [0.3, 0.4) is 0 Å². The van der Waals surface area contributed by atoms with Gasteiger partial charge in [-0.1, -0.05) is 286 Å². The van der Waals surface area contributed by atoms with Crippen LogP contribution in [0, 0.1) is 17.8 Å². The number of rotatable bonds is 52. The van der Waals surface area contributed by atoms with Gasteiger partial charge in [0, 0.05) is 19.3 Å². The van der Waals surface area contributed by atoms with Crippen LogP contribution in [-0.2, 0) is 28.6 Å². The van der Waals surface area contributed by atoms with Crippen LogP contribution < -0.4 is 0 Å². The summed E-state index contributed by atoms with van der Waals surface area (Å²) in [6.07, 6.45) is 52.2. The van der Waals surface area contributed by atoms with Crippen LogP contribution in [0.1, 0.15) is 324 Å². The molecular weight excluding hydrogens is 805 g/mol. The number of carbonyl (C=O) groups excluding carboxylic acids is 3. The van der Waals surface area contributed by atoms with Gasteiger partial charge in [-0.3, -0.25) is 14.4 Å². The average Bonchev–Trinajstić information content (AvgIpc) is 3.29. The third-order valence-electron chi connectivity index (χ3n) is 14.1. The molecule has 0 aromatic carbocycles. The molecule has 0 spiro atoms. The molecular formula is C59H114O6. The van der Waals surface area contributed by atoms with Crippen LogP contribution in [0.15, 0.2) is 0 Å². The van der Waals surface area contributed by atoms with Gasteiger partial charge in [-0.05, 0) is 37.0 Å². The summed E-state index contributed by atoms with van der Waals surface area (Å²) in [7, 11) is 0. The van der Waals surface area contributed by atoms with E-state index in [-0.39, 0.29) is 31.1 Å². The van der Waals surface area contributed by atoms with Crippen LogP contribution in [-0.4, -0.2) is 37.2 Å². The highest BCUT2D eigenvalue weighted by atomic mass is 16.6. The number of hydrogen-bond donors (Lipinski definition) is 0.